The number of aryl methyl sites for hydroxylation is 1. The van der Waals surface area contributed by atoms with E-state index >= 15 is 0 Å². The van der Waals surface area contributed by atoms with Gasteiger partial charge in [-0.2, -0.15) is 0 Å². The molecule has 1 nitrogen and oxygen atoms in total. The zero-order valence-corrected chi connectivity index (χ0v) is 8.60. The summed E-state index contributed by atoms with van der Waals surface area (Å²) < 4.78 is 0. The van der Waals surface area contributed by atoms with E-state index in [4.69, 9.17) is 0 Å². The van der Waals surface area contributed by atoms with Crippen molar-refractivity contribution in [1.29, 1.82) is 0 Å². The zero-order valence-electron chi connectivity index (χ0n) is 7.79. The Labute approximate surface area is 83.2 Å². The van der Waals surface area contributed by atoms with Gasteiger partial charge in [0.25, 0.3) is 0 Å². The summed E-state index contributed by atoms with van der Waals surface area (Å²) in [6.07, 6.45) is 5.01. The van der Waals surface area contributed by atoms with Crippen LogP contribution in [-0.4, -0.2) is 11.4 Å². The molecule has 0 saturated heterocycles. The van der Waals surface area contributed by atoms with Gasteiger partial charge in [-0.05, 0) is 48.8 Å². The van der Waals surface area contributed by atoms with Crippen LogP contribution in [0.5, 0.6) is 0 Å². The van der Waals surface area contributed by atoms with Crippen molar-refractivity contribution in [3.8, 4) is 0 Å². The molecule has 0 fully saturated rings. The van der Waals surface area contributed by atoms with Gasteiger partial charge in [-0.1, -0.05) is 6.07 Å². The Morgan fingerprint density at radius 1 is 1.46 bits per heavy atom. The van der Waals surface area contributed by atoms with Crippen molar-refractivity contribution < 1.29 is 5.11 Å². The molecule has 0 bridgehead atoms. The first-order chi connectivity index (χ1) is 6.31. The highest BCUT2D eigenvalue weighted by Crippen LogP contribution is 2.32. The maximum absolute atomic E-state index is 9.77. The van der Waals surface area contributed by atoms with Crippen molar-refractivity contribution in [2.24, 2.45) is 0 Å². The van der Waals surface area contributed by atoms with Gasteiger partial charge in [0.15, 0.2) is 0 Å². The molecule has 1 N–H and O–H groups in total. The molecule has 2 rings (SSSR count). The minimum absolute atomic E-state index is 0.226. The molecule has 0 aliphatic heterocycles. The monoisotopic (exact) mass is 194 g/mol. The number of hydrogen-bond acceptors (Lipinski definition) is 2. The van der Waals surface area contributed by atoms with Crippen LogP contribution in [0.4, 0.5) is 0 Å². The fourth-order valence-electron chi connectivity index (χ4n) is 1.88. The second-order valence-corrected chi connectivity index (χ2v) is 4.35. The van der Waals surface area contributed by atoms with Crippen molar-refractivity contribution in [1.82, 2.24) is 0 Å². The van der Waals surface area contributed by atoms with E-state index < -0.39 is 0 Å². The van der Waals surface area contributed by atoms with E-state index in [1.807, 2.05) is 0 Å². The Morgan fingerprint density at radius 3 is 3.08 bits per heavy atom. The van der Waals surface area contributed by atoms with Crippen molar-refractivity contribution in [3.63, 3.8) is 0 Å². The summed E-state index contributed by atoms with van der Waals surface area (Å²) >= 11 is 1.73. The molecule has 1 aromatic carbocycles. The molecule has 0 aromatic heterocycles. The van der Waals surface area contributed by atoms with Crippen LogP contribution in [0.15, 0.2) is 23.1 Å². The molecule has 2 heteroatoms. The highest BCUT2D eigenvalue weighted by atomic mass is 32.2. The summed E-state index contributed by atoms with van der Waals surface area (Å²) in [6, 6.07) is 6.43. The Hall–Kier alpha value is -0.470. The number of thioether (sulfide) groups is 1. The third-order valence-electron chi connectivity index (χ3n) is 2.64. The largest absolute Gasteiger partial charge is 0.388 e. The summed E-state index contributed by atoms with van der Waals surface area (Å²) in [7, 11) is 0. The van der Waals surface area contributed by atoms with Crippen LogP contribution < -0.4 is 0 Å². The Kier molecular flexibility index (Phi) is 2.61. The van der Waals surface area contributed by atoms with E-state index in [1.54, 1.807) is 11.8 Å². The van der Waals surface area contributed by atoms with Gasteiger partial charge < -0.3 is 5.11 Å². The lowest BCUT2D eigenvalue weighted by atomic mass is 9.90. The second-order valence-electron chi connectivity index (χ2n) is 3.47. The van der Waals surface area contributed by atoms with Gasteiger partial charge in [-0.25, -0.2) is 0 Å². The molecule has 70 valence electrons. The van der Waals surface area contributed by atoms with Crippen molar-refractivity contribution >= 4 is 11.8 Å². The zero-order chi connectivity index (χ0) is 9.26. The number of aliphatic hydroxyl groups is 1. The van der Waals surface area contributed by atoms with E-state index in [0.29, 0.717) is 0 Å². The fourth-order valence-corrected chi connectivity index (χ4v) is 2.33. The maximum Gasteiger partial charge on any atom is 0.0793 e. The van der Waals surface area contributed by atoms with Gasteiger partial charge >= 0.3 is 0 Å². The predicted octanol–water partition coefficient (Wildman–Crippen LogP) is 2.78. The van der Waals surface area contributed by atoms with Gasteiger partial charge in [0.05, 0.1) is 6.10 Å². The molecular formula is C11H14OS. The first kappa shape index (κ1) is 9.10. The molecule has 0 radical (unpaired) electrons. The van der Waals surface area contributed by atoms with E-state index in [1.165, 1.54) is 10.5 Å². The van der Waals surface area contributed by atoms with E-state index in [9.17, 15) is 5.11 Å². The Bertz CT molecular complexity index is 309. The summed E-state index contributed by atoms with van der Waals surface area (Å²) in [5, 5.41) is 9.77. The van der Waals surface area contributed by atoms with Crippen molar-refractivity contribution in [2.75, 3.05) is 6.26 Å². The first-order valence-corrected chi connectivity index (χ1v) is 5.88. The van der Waals surface area contributed by atoms with Crippen molar-refractivity contribution in [3.05, 3.63) is 29.3 Å². The number of hydrogen-bond donors (Lipinski definition) is 1. The topological polar surface area (TPSA) is 20.2 Å². The summed E-state index contributed by atoms with van der Waals surface area (Å²) in [4.78, 5) is 1.25. The normalized spacial score (nSPS) is 21.2. The molecule has 0 heterocycles. The standard InChI is InChI=1S/C11H14OS/c1-13-9-6-5-8-3-2-4-11(12)10(8)7-9/h5-7,11-12H,2-4H2,1H3/t11-/m1/s1. The van der Waals surface area contributed by atoms with Crippen LogP contribution in [0.2, 0.25) is 0 Å². The average Bonchev–Trinajstić information content (AvgIpc) is 2.18. The minimum atomic E-state index is -0.226. The molecule has 0 unspecified atom stereocenters. The van der Waals surface area contributed by atoms with Crippen LogP contribution in [0.3, 0.4) is 0 Å². The van der Waals surface area contributed by atoms with E-state index in [-0.39, 0.29) is 6.10 Å². The van der Waals surface area contributed by atoms with Gasteiger partial charge in [-0.15, -0.1) is 11.8 Å². The minimum Gasteiger partial charge on any atom is -0.388 e. The molecular weight excluding hydrogens is 180 g/mol. The van der Waals surface area contributed by atoms with Crippen LogP contribution in [-0.2, 0) is 6.42 Å². The third-order valence-corrected chi connectivity index (χ3v) is 3.36. The van der Waals surface area contributed by atoms with Gasteiger partial charge in [0.1, 0.15) is 0 Å². The Morgan fingerprint density at radius 2 is 2.31 bits per heavy atom. The molecule has 13 heavy (non-hydrogen) atoms. The molecule has 0 spiro atoms. The van der Waals surface area contributed by atoms with E-state index in [0.717, 1.165) is 24.8 Å². The molecule has 1 aromatic rings. The molecule has 1 aliphatic carbocycles. The molecule has 0 saturated carbocycles. The highest BCUT2D eigenvalue weighted by molar-refractivity contribution is 7.98. The quantitative estimate of drug-likeness (QED) is 0.694. The smallest absolute Gasteiger partial charge is 0.0793 e. The van der Waals surface area contributed by atoms with Gasteiger partial charge in [0, 0.05) is 4.90 Å². The molecule has 1 aliphatic rings. The lowest BCUT2D eigenvalue weighted by Gasteiger charge is -2.21. The summed E-state index contributed by atoms with van der Waals surface area (Å²) in [5.41, 5.74) is 2.48. The SMILES string of the molecule is CSc1ccc2c(c1)[C@H](O)CCC2. The Balaban J connectivity index is 2.41. The van der Waals surface area contributed by atoms with Crippen LogP contribution in [0, 0.1) is 0 Å². The predicted molar refractivity (Wildman–Crippen MR) is 56.1 cm³/mol. The summed E-state index contributed by atoms with van der Waals surface area (Å²) in [5.74, 6) is 0. The van der Waals surface area contributed by atoms with Crippen LogP contribution in [0.1, 0.15) is 30.1 Å². The van der Waals surface area contributed by atoms with Crippen molar-refractivity contribution in [2.45, 2.75) is 30.3 Å². The maximum atomic E-state index is 9.77. The number of benzene rings is 1. The molecule has 0 amide bonds. The average molecular weight is 194 g/mol. The number of fused-ring (bicyclic) bond motifs is 1. The lowest BCUT2D eigenvalue weighted by Crippen LogP contribution is -2.08. The lowest BCUT2D eigenvalue weighted by molar-refractivity contribution is 0.156. The number of aliphatic hydroxyl groups excluding tert-OH is 1. The van der Waals surface area contributed by atoms with Crippen LogP contribution in [0.25, 0.3) is 0 Å². The highest BCUT2D eigenvalue weighted by Gasteiger charge is 2.17. The third kappa shape index (κ3) is 1.74. The molecule has 1 atom stereocenters. The second kappa shape index (κ2) is 3.72. The van der Waals surface area contributed by atoms with Gasteiger partial charge in [-0.3, -0.25) is 0 Å². The fraction of sp³-hybridized carbons (Fsp3) is 0.455. The summed E-state index contributed by atoms with van der Waals surface area (Å²) in [6.45, 7) is 0. The van der Waals surface area contributed by atoms with E-state index in [2.05, 4.69) is 24.5 Å². The van der Waals surface area contributed by atoms with Crippen LogP contribution >= 0.6 is 11.8 Å². The first-order valence-electron chi connectivity index (χ1n) is 4.66. The number of rotatable bonds is 1. The van der Waals surface area contributed by atoms with Gasteiger partial charge in [0.2, 0.25) is 0 Å².